The smallest absolute Gasteiger partial charge is 0.239 e. The molecule has 0 aliphatic carbocycles. The standard InChI is InChI=1S/C14H17ClN6O2S/c1-9(2)17-12(22)7-16-13(23)8-24-14-18-19-20-21(14)11-5-3-4-10(15)6-11/h3-6,9H,7-8H2,1-2H3,(H,16,23)(H,17,22). The predicted octanol–water partition coefficient (Wildman–Crippen LogP) is 1.05. The molecule has 0 atom stereocenters. The number of carbonyl (C=O) groups is 2. The summed E-state index contributed by atoms with van der Waals surface area (Å²) in [4.78, 5) is 23.3. The fourth-order valence-corrected chi connectivity index (χ4v) is 2.68. The van der Waals surface area contributed by atoms with E-state index in [0.717, 1.165) is 0 Å². The summed E-state index contributed by atoms with van der Waals surface area (Å²) in [6.45, 7) is 3.65. The summed E-state index contributed by atoms with van der Waals surface area (Å²) in [6, 6.07) is 7.10. The number of amides is 2. The summed E-state index contributed by atoms with van der Waals surface area (Å²) in [5, 5.41) is 17.7. The van der Waals surface area contributed by atoms with Gasteiger partial charge in [0.1, 0.15) is 0 Å². The topological polar surface area (TPSA) is 102 Å². The molecule has 2 N–H and O–H groups in total. The van der Waals surface area contributed by atoms with Crippen LogP contribution in [0.25, 0.3) is 5.69 Å². The molecule has 0 radical (unpaired) electrons. The average Bonchev–Trinajstić information content (AvgIpc) is 2.99. The molecule has 2 rings (SSSR count). The van der Waals surface area contributed by atoms with E-state index in [1.54, 1.807) is 18.2 Å². The molecule has 0 aliphatic heterocycles. The van der Waals surface area contributed by atoms with E-state index in [1.165, 1.54) is 16.4 Å². The second-order valence-electron chi connectivity index (χ2n) is 5.14. The number of hydrogen-bond donors (Lipinski definition) is 2. The van der Waals surface area contributed by atoms with Gasteiger partial charge in [-0.2, -0.15) is 4.68 Å². The highest BCUT2D eigenvalue weighted by molar-refractivity contribution is 7.99. The Morgan fingerprint density at radius 1 is 1.33 bits per heavy atom. The second kappa shape index (κ2) is 8.65. The van der Waals surface area contributed by atoms with Crippen LogP contribution >= 0.6 is 23.4 Å². The molecule has 0 unspecified atom stereocenters. The van der Waals surface area contributed by atoms with Crippen LogP contribution in [0.5, 0.6) is 0 Å². The maximum Gasteiger partial charge on any atom is 0.239 e. The van der Waals surface area contributed by atoms with Gasteiger partial charge in [-0.05, 0) is 42.5 Å². The lowest BCUT2D eigenvalue weighted by atomic mass is 10.3. The highest BCUT2D eigenvalue weighted by Crippen LogP contribution is 2.20. The molecule has 1 heterocycles. The third-order valence-corrected chi connectivity index (χ3v) is 3.88. The summed E-state index contributed by atoms with van der Waals surface area (Å²) in [5.74, 6) is -0.415. The van der Waals surface area contributed by atoms with Crippen molar-refractivity contribution in [3.8, 4) is 5.69 Å². The van der Waals surface area contributed by atoms with Crippen molar-refractivity contribution in [1.82, 2.24) is 30.8 Å². The van der Waals surface area contributed by atoms with Crippen molar-refractivity contribution >= 4 is 35.2 Å². The van der Waals surface area contributed by atoms with E-state index in [4.69, 9.17) is 11.6 Å². The number of nitrogens with zero attached hydrogens (tertiary/aromatic N) is 4. The molecule has 2 amide bonds. The maximum absolute atomic E-state index is 11.8. The van der Waals surface area contributed by atoms with Crippen LogP contribution in [-0.2, 0) is 9.59 Å². The fourth-order valence-electron chi connectivity index (χ4n) is 1.77. The molecular formula is C14H17ClN6O2S. The zero-order valence-corrected chi connectivity index (χ0v) is 14.8. The molecule has 0 spiro atoms. The van der Waals surface area contributed by atoms with E-state index >= 15 is 0 Å². The summed E-state index contributed by atoms with van der Waals surface area (Å²) < 4.78 is 1.50. The maximum atomic E-state index is 11.8. The Hall–Kier alpha value is -2.13. The van der Waals surface area contributed by atoms with Crippen molar-refractivity contribution in [2.45, 2.75) is 25.0 Å². The Kier molecular flexibility index (Phi) is 6.56. The summed E-state index contributed by atoms with van der Waals surface area (Å²) in [6.07, 6.45) is 0. The van der Waals surface area contributed by atoms with Gasteiger partial charge in [-0.15, -0.1) is 5.10 Å². The monoisotopic (exact) mass is 368 g/mol. The van der Waals surface area contributed by atoms with Gasteiger partial charge in [0, 0.05) is 11.1 Å². The lowest BCUT2D eigenvalue weighted by Gasteiger charge is -2.09. The largest absolute Gasteiger partial charge is 0.352 e. The minimum atomic E-state index is -0.278. The van der Waals surface area contributed by atoms with E-state index in [1.807, 2.05) is 19.9 Å². The minimum absolute atomic E-state index is 0.0334. The normalized spacial score (nSPS) is 10.7. The van der Waals surface area contributed by atoms with Crippen LogP contribution in [-0.4, -0.2) is 50.4 Å². The summed E-state index contributed by atoms with van der Waals surface area (Å²) >= 11 is 7.13. The van der Waals surface area contributed by atoms with Gasteiger partial charge in [0.15, 0.2) is 0 Å². The first kappa shape index (κ1) is 18.2. The van der Waals surface area contributed by atoms with E-state index < -0.39 is 0 Å². The zero-order valence-electron chi connectivity index (χ0n) is 13.2. The van der Waals surface area contributed by atoms with Crippen molar-refractivity contribution in [2.75, 3.05) is 12.3 Å². The lowest BCUT2D eigenvalue weighted by molar-refractivity contribution is -0.125. The van der Waals surface area contributed by atoms with Crippen LogP contribution in [0, 0.1) is 0 Å². The SMILES string of the molecule is CC(C)NC(=O)CNC(=O)CSc1nnnn1-c1cccc(Cl)c1. The van der Waals surface area contributed by atoms with Gasteiger partial charge in [-0.1, -0.05) is 29.4 Å². The van der Waals surface area contributed by atoms with Gasteiger partial charge in [-0.3, -0.25) is 9.59 Å². The first-order chi connectivity index (χ1) is 11.5. The molecule has 0 aliphatic rings. The van der Waals surface area contributed by atoms with Gasteiger partial charge in [0.05, 0.1) is 18.0 Å². The number of carbonyl (C=O) groups excluding carboxylic acids is 2. The number of halogens is 1. The Balaban J connectivity index is 1.88. The van der Waals surface area contributed by atoms with E-state index in [0.29, 0.717) is 15.9 Å². The molecule has 24 heavy (non-hydrogen) atoms. The summed E-state index contributed by atoms with van der Waals surface area (Å²) in [7, 11) is 0. The molecule has 1 aromatic carbocycles. The Bertz CT molecular complexity index is 721. The number of benzene rings is 1. The molecule has 0 saturated carbocycles. The van der Waals surface area contributed by atoms with E-state index in [9.17, 15) is 9.59 Å². The van der Waals surface area contributed by atoms with Gasteiger partial charge in [-0.25, -0.2) is 0 Å². The second-order valence-corrected chi connectivity index (χ2v) is 6.52. The number of nitrogens with one attached hydrogen (secondary N) is 2. The third kappa shape index (κ3) is 5.50. The van der Waals surface area contributed by atoms with Crippen LogP contribution in [0.3, 0.4) is 0 Å². The Morgan fingerprint density at radius 3 is 2.83 bits per heavy atom. The highest BCUT2D eigenvalue weighted by Gasteiger charge is 2.12. The third-order valence-electron chi connectivity index (χ3n) is 2.72. The van der Waals surface area contributed by atoms with Crippen LogP contribution in [0.15, 0.2) is 29.4 Å². The molecule has 0 saturated heterocycles. The first-order valence-corrected chi connectivity index (χ1v) is 8.55. The molecule has 10 heteroatoms. The molecule has 2 aromatic rings. The van der Waals surface area contributed by atoms with Crippen molar-refractivity contribution in [1.29, 1.82) is 0 Å². The minimum Gasteiger partial charge on any atom is -0.352 e. The molecule has 1 aromatic heterocycles. The quantitative estimate of drug-likeness (QED) is 0.708. The predicted molar refractivity (Wildman–Crippen MR) is 91.2 cm³/mol. The first-order valence-electron chi connectivity index (χ1n) is 7.19. The van der Waals surface area contributed by atoms with Crippen LogP contribution < -0.4 is 10.6 Å². The fraction of sp³-hybridized carbons (Fsp3) is 0.357. The van der Waals surface area contributed by atoms with Gasteiger partial charge in [0.2, 0.25) is 17.0 Å². The number of aromatic nitrogens is 4. The van der Waals surface area contributed by atoms with Crippen molar-refractivity contribution < 1.29 is 9.59 Å². The van der Waals surface area contributed by atoms with Crippen LogP contribution in [0.4, 0.5) is 0 Å². The molecule has 128 valence electrons. The molecule has 0 fully saturated rings. The average molecular weight is 369 g/mol. The van der Waals surface area contributed by atoms with Crippen LogP contribution in [0.1, 0.15) is 13.8 Å². The number of tetrazole rings is 1. The van der Waals surface area contributed by atoms with Gasteiger partial charge >= 0.3 is 0 Å². The van der Waals surface area contributed by atoms with Crippen molar-refractivity contribution in [3.63, 3.8) is 0 Å². The number of thioether (sulfide) groups is 1. The molecular weight excluding hydrogens is 352 g/mol. The summed E-state index contributed by atoms with van der Waals surface area (Å²) in [5.41, 5.74) is 0.701. The number of hydrogen-bond acceptors (Lipinski definition) is 6. The number of rotatable bonds is 7. The van der Waals surface area contributed by atoms with Gasteiger partial charge < -0.3 is 10.6 Å². The molecule has 8 nitrogen and oxygen atoms in total. The zero-order chi connectivity index (χ0) is 17.5. The Labute approximate surface area is 148 Å². The van der Waals surface area contributed by atoms with Crippen molar-refractivity contribution in [2.24, 2.45) is 0 Å². The molecule has 0 bridgehead atoms. The lowest BCUT2D eigenvalue weighted by Crippen LogP contribution is -2.40. The highest BCUT2D eigenvalue weighted by atomic mass is 35.5. The van der Waals surface area contributed by atoms with E-state index in [2.05, 4.69) is 26.2 Å². The van der Waals surface area contributed by atoms with Gasteiger partial charge in [0.25, 0.3) is 0 Å². The Morgan fingerprint density at radius 2 is 2.12 bits per heavy atom. The van der Waals surface area contributed by atoms with Crippen molar-refractivity contribution in [3.05, 3.63) is 29.3 Å². The van der Waals surface area contributed by atoms with Crippen LogP contribution in [0.2, 0.25) is 5.02 Å². The van der Waals surface area contributed by atoms with E-state index in [-0.39, 0.29) is 30.2 Å².